The normalized spacial score (nSPS) is 19.4. The zero-order valence-corrected chi connectivity index (χ0v) is 13.0. The minimum Gasteiger partial charge on any atom is -0.381 e. The molecule has 0 saturated carbocycles. The summed E-state index contributed by atoms with van der Waals surface area (Å²) in [4.78, 5) is 11.8. The number of urea groups is 1. The van der Waals surface area contributed by atoms with Crippen LogP contribution in [-0.4, -0.2) is 31.8 Å². The van der Waals surface area contributed by atoms with Gasteiger partial charge in [-0.05, 0) is 37.5 Å². The molecule has 2 rings (SSSR count). The highest BCUT2D eigenvalue weighted by Gasteiger charge is 2.29. The van der Waals surface area contributed by atoms with Crippen LogP contribution in [0.4, 0.5) is 18.0 Å². The molecular weight excluding hydrogens is 309 g/mol. The summed E-state index contributed by atoms with van der Waals surface area (Å²) in [6.45, 7) is 3.79. The van der Waals surface area contributed by atoms with Crippen LogP contribution in [0, 0.1) is 5.92 Å². The average molecular weight is 330 g/mol. The summed E-state index contributed by atoms with van der Waals surface area (Å²) in [7, 11) is 0. The lowest BCUT2D eigenvalue weighted by Gasteiger charge is -2.16. The quantitative estimate of drug-likeness (QED) is 0.872. The second-order valence-electron chi connectivity index (χ2n) is 5.88. The Labute approximate surface area is 133 Å². The van der Waals surface area contributed by atoms with Gasteiger partial charge in [-0.25, -0.2) is 4.79 Å². The zero-order valence-electron chi connectivity index (χ0n) is 13.0. The van der Waals surface area contributed by atoms with Crippen molar-refractivity contribution in [2.45, 2.75) is 32.0 Å². The van der Waals surface area contributed by atoms with Crippen molar-refractivity contribution in [1.29, 1.82) is 0 Å². The number of halogens is 3. The second-order valence-corrected chi connectivity index (χ2v) is 5.88. The number of carbonyl (C=O) groups is 1. The molecule has 1 fully saturated rings. The minimum atomic E-state index is -4.33. The summed E-state index contributed by atoms with van der Waals surface area (Å²) in [6, 6.07) is 4.55. The Morgan fingerprint density at radius 2 is 2.04 bits per heavy atom. The third-order valence-electron chi connectivity index (χ3n) is 3.78. The van der Waals surface area contributed by atoms with Gasteiger partial charge in [0.2, 0.25) is 0 Å². The van der Waals surface area contributed by atoms with Crippen LogP contribution in [0.15, 0.2) is 24.3 Å². The maximum atomic E-state index is 12.5. The van der Waals surface area contributed by atoms with Crippen LogP contribution in [0.25, 0.3) is 0 Å². The van der Waals surface area contributed by atoms with E-state index in [1.165, 1.54) is 12.1 Å². The number of benzene rings is 1. The highest BCUT2D eigenvalue weighted by atomic mass is 19.4. The second kappa shape index (κ2) is 7.68. The van der Waals surface area contributed by atoms with E-state index in [4.69, 9.17) is 4.74 Å². The largest absolute Gasteiger partial charge is 0.416 e. The predicted molar refractivity (Wildman–Crippen MR) is 80.1 cm³/mol. The number of alkyl halides is 3. The van der Waals surface area contributed by atoms with Gasteiger partial charge in [-0.1, -0.05) is 12.1 Å². The molecule has 23 heavy (non-hydrogen) atoms. The van der Waals surface area contributed by atoms with Gasteiger partial charge >= 0.3 is 12.2 Å². The highest BCUT2D eigenvalue weighted by Crippen LogP contribution is 2.29. The summed E-state index contributed by atoms with van der Waals surface area (Å²) in [5.41, 5.74) is 0.0772. The molecule has 1 aromatic rings. The lowest BCUT2D eigenvalue weighted by Crippen LogP contribution is -2.43. The summed E-state index contributed by atoms with van der Waals surface area (Å²) in [5.74, 6) is 0.353. The lowest BCUT2D eigenvalue weighted by atomic mass is 10.1. The Morgan fingerprint density at radius 1 is 1.35 bits per heavy atom. The summed E-state index contributed by atoms with van der Waals surface area (Å²) in [6.07, 6.45) is -2.91. The van der Waals surface area contributed by atoms with Crippen molar-refractivity contribution < 1.29 is 22.7 Å². The van der Waals surface area contributed by atoms with Gasteiger partial charge < -0.3 is 15.4 Å². The van der Waals surface area contributed by atoms with Crippen molar-refractivity contribution in [3.05, 3.63) is 35.4 Å². The van der Waals surface area contributed by atoms with E-state index in [-0.39, 0.29) is 12.1 Å². The number of carbonyl (C=O) groups excluding carboxylic acids is 1. The summed E-state index contributed by atoms with van der Waals surface area (Å²) in [5, 5.41) is 5.58. The van der Waals surface area contributed by atoms with Gasteiger partial charge in [0.05, 0.1) is 12.2 Å². The van der Waals surface area contributed by atoms with Crippen LogP contribution in [0.2, 0.25) is 0 Å². The van der Waals surface area contributed by atoms with Crippen LogP contribution in [0.5, 0.6) is 0 Å². The van der Waals surface area contributed by atoms with Gasteiger partial charge in [0.1, 0.15) is 0 Å². The molecule has 7 heteroatoms. The first-order valence-electron chi connectivity index (χ1n) is 7.63. The molecule has 0 radical (unpaired) electrons. The molecule has 4 nitrogen and oxygen atoms in total. The van der Waals surface area contributed by atoms with E-state index in [2.05, 4.69) is 10.6 Å². The fraction of sp³-hybridized carbons (Fsp3) is 0.562. The number of rotatable bonds is 5. The van der Waals surface area contributed by atoms with Gasteiger partial charge in [-0.2, -0.15) is 13.2 Å². The van der Waals surface area contributed by atoms with Gasteiger partial charge in [-0.15, -0.1) is 0 Å². The molecule has 1 saturated heterocycles. The molecule has 2 N–H and O–H groups in total. The van der Waals surface area contributed by atoms with Crippen molar-refractivity contribution in [2.24, 2.45) is 5.92 Å². The van der Waals surface area contributed by atoms with Crippen molar-refractivity contribution in [3.63, 3.8) is 0 Å². The molecule has 0 aromatic heterocycles. The standard InChI is InChI=1S/C16H21F3N2O2/c1-11(21-15(22)20-9-13-6-7-23-10-13)8-12-2-4-14(5-3-12)16(17,18)19/h2-5,11,13H,6-10H2,1H3,(H2,20,21,22)/t11-,13-/m0/s1. The van der Waals surface area contributed by atoms with Crippen molar-refractivity contribution >= 4 is 6.03 Å². The summed E-state index contributed by atoms with van der Waals surface area (Å²) < 4.78 is 42.7. The van der Waals surface area contributed by atoms with Crippen LogP contribution in [0.3, 0.4) is 0 Å². The predicted octanol–water partition coefficient (Wildman–Crippen LogP) is 2.97. The highest BCUT2D eigenvalue weighted by molar-refractivity contribution is 5.74. The third-order valence-corrected chi connectivity index (χ3v) is 3.78. The molecule has 1 heterocycles. The monoisotopic (exact) mass is 330 g/mol. The maximum Gasteiger partial charge on any atom is 0.416 e. The van der Waals surface area contributed by atoms with E-state index in [9.17, 15) is 18.0 Å². The van der Waals surface area contributed by atoms with Crippen molar-refractivity contribution in [1.82, 2.24) is 10.6 Å². The van der Waals surface area contributed by atoms with E-state index in [0.717, 1.165) is 30.7 Å². The molecule has 2 amide bonds. The first kappa shape index (κ1) is 17.6. The molecule has 1 aromatic carbocycles. The van der Waals surface area contributed by atoms with Gasteiger partial charge in [0.25, 0.3) is 0 Å². The van der Waals surface area contributed by atoms with Crippen molar-refractivity contribution in [3.8, 4) is 0 Å². The maximum absolute atomic E-state index is 12.5. The number of ether oxygens (including phenoxy) is 1. The van der Waals surface area contributed by atoms with E-state index < -0.39 is 11.7 Å². The van der Waals surface area contributed by atoms with Crippen LogP contribution in [0.1, 0.15) is 24.5 Å². The topological polar surface area (TPSA) is 50.4 Å². The third kappa shape index (κ3) is 5.74. The van der Waals surface area contributed by atoms with Gasteiger partial charge in [-0.3, -0.25) is 0 Å². The molecule has 0 bridgehead atoms. The molecular formula is C16H21F3N2O2. The van der Waals surface area contributed by atoms with E-state index >= 15 is 0 Å². The van der Waals surface area contributed by atoms with Crippen LogP contribution < -0.4 is 10.6 Å². The molecule has 0 spiro atoms. The minimum absolute atomic E-state index is 0.174. The number of hydrogen-bond donors (Lipinski definition) is 2. The number of nitrogens with one attached hydrogen (secondary N) is 2. The molecule has 2 atom stereocenters. The smallest absolute Gasteiger partial charge is 0.381 e. The van der Waals surface area contributed by atoms with E-state index in [1.807, 2.05) is 6.92 Å². The SMILES string of the molecule is C[C@@H](Cc1ccc(C(F)(F)F)cc1)NC(=O)NC[C@@H]1CCOC1. The Bertz CT molecular complexity index is 511. The number of amides is 2. The first-order chi connectivity index (χ1) is 10.8. The lowest BCUT2D eigenvalue weighted by molar-refractivity contribution is -0.137. The summed E-state index contributed by atoms with van der Waals surface area (Å²) >= 11 is 0. The van der Waals surface area contributed by atoms with Gasteiger partial charge in [0, 0.05) is 25.1 Å². The Morgan fingerprint density at radius 3 is 2.61 bits per heavy atom. The molecule has 1 aliphatic heterocycles. The average Bonchev–Trinajstić information content (AvgIpc) is 2.98. The Balaban J connectivity index is 1.75. The number of hydrogen-bond acceptors (Lipinski definition) is 2. The molecule has 0 aliphatic carbocycles. The van der Waals surface area contributed by atoms with Crippen LogP contribution >= 0.6 is 0 Å². The fourth-order valence-corrected chi connectivity index (χ4v) is 2.49. The van der Waals surface area contributed by atoms with Crippen LogP contribution in [-0.2, 0) is 17.3 Å². The fourth-order valence-electron chi connectivity index (χ4n) is 2.49. The molecule has 1 aliphatic rings. The first-order valence-corrected chi connectivity index (χ1v) is 7.63. The van der Waals surface area contributed by atoms with E-state index in [1.54, 1.807) is 0 Å². The Hall–Kier alpha value is -1.76. The Kier molecular flexibility index (Phi) is 5.87. The zero-order chi connectivity index (χ0) is 16.9. The van der Waals surface area contributed by atoms with Crippen molar-refractivity contribution in [2.75, 3.05) is 19.8 Å². The van der Waals surface area contributed by atoms with Gasteiger partial charge in [0.15, 0.2) is 0 Å². The van der Waals surface area contributed by atoms with E-state index in [0.29, 0.717) is 25.5 Å². The molecule has 0 unspecified atom stereocenters. The molecule has 128 valence electrons.